The van der Waals surface area contributed by atoms with Crippen molar-refractivity contribution in [2.75, 3.05) is 0 Å². The van der Waals surface area contributed by atoms with Gasteiger partial charge in [-0.05, 0) is 0 Å². The summed E-state index contributed by atoms with van der Waals surface area (Å²) in [6.45, 7) is 0. The van der Waals surface area contributed by atoms with Gasteiger partial charge in [-0.2, -0.15) is 19.2 Å². The molecule has 0 aromatic heterocycles. The van der Waals surface area contributed by atoms with E-state index in [0.717, 1.165) is 0 Å². The molecule has 0 aromatic rings. The zero-order valence-electron chi connectivity index (χ0n) is 9.11. The molecule has 1 heterocycles. The summed E-state index contributed by atoms with van der Waals surface area (Å²) in [6, 6.07) is 0. The molecule has 1 rings (SSSR count). The SMILES string of the molecule is O=C1[O][Al-]([C](F)(F)F)([C](F)(F)F)[O]C1=O.O=C=O.O=C=O. The van der Waals surface area contributed by atoms with Gasteiger partial charge in [0.25, 0.3) is 0 Å². The van der Waals surface area contributed by atoms with Crippen molar-refractivity contribution in [2.45, 2.75) is 10.1 Å². The van der Waals surface area contributed by atoms with Crippen LogP contribution in [-0.2, 0) is 36.3 Å². The molecule has 1 saturated heterocycles. The molecule has 0 N–H and O–H groups in total. The van der Waals surface area contributed by atoms with E-state index in [1.165, 1.54) is 0 Å². The Bertz CT molecular complexity index is 425. The molecule has 0 aliphatic carbocycles. The van der Waals surface area contributed by atoms with Gasteiger partial charge in [0.15, 0.2) is 0 Å². The predicted molar refractivity (Wildman–Crippen MR) is 40.1 cm³/mol. The molecule has 21 heavy (non-hydrogen) atoms. The van der Waals surface area contributed by atoms with Crippen molar-refractivity contribution in [2.24, 2.45) is 0 Å². The summed E-state index contributed by atoms with van der Waals surface area (Å²) in [6.07, 6.45) is 0.500. The van der Waals surface area contributed by atoms with Crippen LogP contribution >= 0.6 is 0 Å². The number of hydrogen-bond donors (Lipinski definition) is 0. The molecule has 1 aliphatic rings. The average molecular weight is 341 g/mol. The van der Waals surface area contributed by atoms with Crippen LogP contribution in [0, 0.1) is 0 Å². The second-order valence-corrected chi connectivity index (χ2v) is 5.98. The number of halogens is 6. The third-order valence-electron chi connectivity index (χ3n) is 1.57. The molecular formula is C6AlF6O8-. The topological polar surface area (TPSA) is 121 Å². The average Bonchev–Trinajstić information content (AvgIpc) is 2.57. The van der Waals surface area contributed by atoms with Gasteiger partial charge in [-0.25, -0.2) is 35.9 Å². The Balaban J connectivity index is 0. The summed E-state index contributed by atoms with van der Waals surface area (Å²) in [4.78, 5) is 53.0. The minimum absolute atomic E-state index is 0.250. The third kappa shape index (κ3) is 5.01. The highest BCUT2D eigenvalue weighted by Crippen LogP contribution is 2.44. The second kappa shape index (κ2) is 7.56. The van der Waals surface area contributed by atoms with E-state index in [1.54, 1.807) is 0 Å². The van der Waals surface area contributed by atoms with E-state index in [4.69, 9.17) is 19.2 Å². The molecule has 0 spiro atoms. The largest absolute Gasteiger partial charge is 0.858 e. The summed E-state index contributed by atoms with van der Waals surface area (Å²) >= 11 is -7.20. The predicted octanol–water partition coefficient (Wildman–Crippen LogP) is -0.435. The van der Waals surface area contributed by atoms with Crippen LogP contribution in [0.25, 0.3) is 0 Å². The lowest BCUT2D eigenvalue weighted by Gasteiger charge is -2.31. The molecule has 8 nitrogen and oxygen atoms in total. The van der Waals surface area contributed by atoms with Crippen LogP contribution in [-0.4, -0.2) is 48.1 Å². The minimum Gasteiger partial charge on any atom is -0.725 e. The first-order valence-electron chi connectivity index (χ1n) is 4.07. The van der Waals surface area contributed by atoms with Gasteiger partial charge in [0.2, 0.25) is 0 Å². The van der Waals surface area contributed by atoms with Gasteiger partial charge < -0.3 is 7.58 Å². The van der Waals surface area contributed by atoms with Crippen molar-refractivity contribution in [3.8, 4) is 0 Å². The molecular weight excluding hydrogens is 341 g/mol. The highest BCUT2D eigenvalue weighted by atomic mass is 27.3. The number of rotatable bonds is 0. The van der Waals surface area contributed by atoms with Crippen LogP contribution in [0.5, 0.6) is 0 Å². The number of alkyl halides is 6. The Morgan fingerprint density at radius 1 is 0.714 bits per heavy atom. The van der Waals surface area contributed by atoms with Crippen LogP contribution in [0.1, 0.15) is 0 Å². The van der Waals surface area contributed by atoms with Crippen molar-refractivity contribution < 1.29 is 62.7 Å². The lowest BCUT2D eigenvalue weighted by molar-refractivity contribution is -0.193. The highest BCUT2D eigenvalue weighted by Gasteiger charge is 2.86. The summed E-state index contributed by atoms with van der Waals surface area (Å²) in [5.41, 5.74) is 0. The van der Waals surface area contributed by atoms with Crippen molar-refractivity contribution in [3.05, 3.63) is 0 Å². The lowest BCUT2D eigenvalue weighted by atomic mass is 10.7. The van der Waals surface area contributed by atoms with Crippen LogP contribution in [0.2, 0.25) is 0 Å². The minimum atomic E-state index is -7.20. The summed E-state index contributed by atoms with van der Waals surface area (Å²) in [5, 5.41) is -11.8. The molecule has 15 heteroatoms. The Morgan fingerprint density at radius 2 is 0.905 bits per heavy atom. The molecule has 0 amide bonds. The molecule has 1 aliphatic heterocycles. The molecule has 118 valence electrons. The fraction of sp³-hybridized carbons (Fsp3) is 0.333. The third-order valence-corrected chi connectivity index (χ3v) is 4.39. The van der Waals surface area contributed by atoms with Gasteiger partial charge >= 0.3 is 48.1 Å². The Kier molecular flexibility index (Phi) is 7.60. The van der Waals surface area contributed by atoms with Crippen LogP contribution < -0.4 is 0 Å². The van der Waals surface area contributed by atoms with Gasteiger partial charge in [0.05, 0.1) is 0 Å². The molecule has 0 bridgehead atoms. The summed E-state index contributed by atoms with van der Waals surface area (Å²) in [7, 11) is 0. The molecule has 0 saturated carbocycles. The fourth-order valence-electron chi connectivity index (χ4n) is 0.875. The first kappa shape index (κ1) is 21.1. The lowest BCUT2D eigenvalue weighted by Crippen LogP contribution is -2.64. The van der Waals surface area contributed by atoms with Crippen LogP contribution in [0.15, 0.2) is 0 Å². The maximum Gasteiger partial charge on any atom is 0.858 e. The Labute approximate surface area is 111 Å². The maximum atomic E-state index is 12.1. The summed E-state index contributed by atoms with van der Waals surface area (Å²) in [5.74, 6) is -4.54. The normalized spacial score (nSPS) is 15.9. The van der Waals surface area contributed by atoms with Gasteiger partial charge in [0.1, 0.15) is 0 Å². The van der Waals surface area contributed by atoms with Crippen LogP contribution in [0.4, 0.5) is 26.3 Å². The van der Waals surface area contributed by atoms with E-state index >= 15 is 0 Å². The van der Waals surface area contributed by atoms with Gasteiger partial charge in [0, 0.05) is 0 Å². The van der Waals surface area contributed by atoms with Crippen molar-refractivity contribution in [1.29, 1.82) is 0 Å². The zero-order valence-corrected chi connectivity index (χ0v) is 10.3. The molecule has 0 unspecified atom stereocenters. The number of carbonyl (C=O) groups excluding carboxylic acids is 6. The van der Waals surface area contributed by atoms with Crippen molar-refractivity contribution in [3.63, 3.8) is 0 Å². The van der Waals surface area contributed by atoms with Gasteiger partial charge in [-0.1, -0.05) is 0 Å². The molecule has 0 atom stereocenters. The standard InChI is InChI=1S/C2H2O4.2CF3.2CO2.Al/c3-1(4)2(5)6;2*2-1(3)4;2*2-1-3;/h(H,3,4)(H,5,6);;;;;/q;;;;;+1/p-2. The van der Waals surface area contributed by atoms with Crippen molar-refractivity contribution >= 4 is 38.0 Å². The van der Waals surface area contributed by atoms with Gasteiger partial charge in [-0.15, -0.1) is 0 Å². The van der Waals surface area contributed by atoms with E-state index in [1.807, 2.05) is 0 Å². The highest BCUT2D eigenvalue weighted by molar-refractivity contribution is 6.79. The smallest absolute Gasteiger partial charge is 0.725 e. The van der Waals surface area contributed by atoms with E-state index in [9.17, 15) is 35.9 Å². The Hall–Kier alpha value is -2.19. The Morgan fingerprint density at radius 3 is 1.00 bits per heavy atom. The van der Waals surface area contributed by atoms with E-state index < -0.39 is 35.8 Å². The summed E-state index contributed by atoms with van der Waals surface area (Å²) < 4.78 is 78.5. The first-order chi connectivity index (χ1) is 9.34. The monoisotopic (exact) mass is 341 g/mol. The van der Waals surface area contributed by atoms with Crippen LogP contribution in [0.3, 0.4) is 0 Å². The zero-order chi connectivity index (χ0) is 17.5. The number of carbonyl (C=O) groups is 2. The molecule has 0 aromatic carbocycles. The maximum absolute atomic E-state index is 12.1. The van der Waals surface area contributed by atoms with Gasteiger partial charge in [-0.3, -0.25) is 0 Å². The molecule has 0 radical (unpaired) electrons. The molecule has 1 fully saturated rings. The van der Waals surface area contributed by atoms with Crippen molar-refractivity contribution in [1.82, 2.24) is 0 Å². The number of hydrogen-bond acceptors (Lipinski definition) is 8. The first-order valence-corrected chi connectivity index (χ1v) is 6.16. The van der Waals surface area contributed by atoms with E-state index in [2.05, 4.69) is 7.58 Å². The fourth-order valence-corrected chi connectivity index (χ4v) is 2.62. The van der Waals surface area contributed by atoms with E-state index in [-0.39, 0.29) is 12.3 Å². The van der Waals surface area contributed by atoms with E-state index in [0.29, 0.717) is 0 Å². The quantitative estimate of drug-likeness (QED) is 0.330. The second-order valence-electron chi connectivity index (χ2n) is 2.77.